The topological polar surface area (TPSA) is 29.5 Å². The Hall–Kier alpha value is -0.500. The summed E-state index contributed by atoms with van der Waals surface area (Å²) >= 11 is 0. The first-order valence-corrected chi connectivity index (χ1v) is 3.16. The van der Waals surface area contributed by atoms with Crippen LogP contribution in [0.25, 0.3) is 0 Å². The molecule has 1 N–H and O–H groups in total. The quantitative estimate of drug-likeness (QED) is 0.583. The molecule has 0 bridgehead atoms. The Balaban J connectivity index is 0. The molecule has 0 aliphatic heterocycles. The molecule has 0 unspecified atom stereocenters. The largest absolute Gasteiger partial charge is 0.516 e. The van der Waals surface area contributed by atoms with Crippen LogP contribution in [-0.2, 0) is 4.74 Å². The normalized spacial score (nSPS) is 8.78. The van der Waals surface area contributed by atoms with E-state index in [4.69, 9.17) is 9.84 Å². The Morgan fingerprint density at radius 1 is 1.33 bits per heavy atom. The van der Waals surface area contributed by atoms with Crippen LogP contribution in [-0.4, -0.2) is 18.3 Å². The van der Waals surface area contributed by atoms with Gasteiger partial charge in [0.2, 0.25) is 0 Å². The van der Waals surface area contributed by atoms with Crippen molar-refractivity contribution in [3.8, 4) is 0 Å². The molecular formula is C7H16O2. The van der Waals surface area contributed by atoms with E-state index < -0.39 is 0 Å². The molecule has 2 nitrogen and oxygen atoms in total. The summed E-state index contributed by atoms with van der Waals surface area (Å²) in [6.07, 6.45) is 2.56. The molecule has 0 saturated heterocycles. The van der Waals surface area contributed by atoms with E-state index in [-0.39, 0.29) is 0 Å². The van der Waals surface area contributed by atoms with Crippen molar-refractivity contribution in [2.24, 2.45) is 0 Å². The second-order valence-electron chi connectivity index (χ2n) is 1.26. The van der Waals surface area contributed by atoms with Gasteiger partial charge in [-0.2, -0.15) is 0 Å². The van der Waals surface area contributed by atoms with E-state index in [0.29, 0.717) is 0 Å². The molecule has 0 radical (unpaired) electrons. The molecule has 56 valence electrons. The van der Waals surface area contributed by atoms with Crippen LogP contribution in [0.3, 0.4) is 0 Å². The zero-order valence-electron chi connectivity index (χ0n) is 6.42. The molecular weight excluding hydrogens is 116 g/mol. The Labute approximate surface area is 57.2 Å². The standard InChI is InChI=1S/C4H10O.C3H6O/c1-3-5-4-2;1-2-3-4/h3-4H2,1-2H3;2-4H,1H3/b;3-2+. The van der Waals surface area contributed by atoms with Gasteiger partial charge in [-0.3, -0.25) is 0 Å². The van der Waals surface area contributed by atoms with Crippen molar-refractivity contribution in [3.05, 3.63) is 12.3 Å². The van der Waals surface area contributed by atoms with Crippen LogP contribution in [0.5, 0.6) is 0 Å². The monoisotopic (exact) mass is 132 g/mol. The fourth-order valence-electron chi connectivity index (χ4n) is 0.204. The van der Waals surface area contributed by atoms with Crippen LogP contribution < -0.4 is 0 Å². The fraction of sp³-hybridized carbons (Fsp3) is 0.714. The van der Waals surface area contributed by atoms with Crippen molar-refractivity contribution in [1.29, 1.82) is 0 Å². The summed E-state index contributed by atoms with van der Waals surface area (Å²) in [5.74, 6) is 0. The molecule has 0 fully saturated rings. The average molecular weight is 132 g/mol. The van der Waals surface area contributed by atoms with Crippen LogP contribution >= 0.6 is 0 Å². The summed E-state index contributed by atoms with van der Waals surface area (Å²) < 4.78 is 4.83. The molecule has 0 saturated carbocycles. The van der Waals surface area contributed by atoms with Gasteiger partial charge in [0.15, 0.2) is 0 Å². The van der Waals surface area contributed by atoms with E-state index in [1.54, 1.807) is 13.0 Å². The highest BCUT2D eigenvalue weighted by molar-refractivity contribution is 4.60. The fourth-order valence-corrected chi connectivity index (χ4v) is 0.204. The van der Waals surface area contributed by atoms with Gasteiger partial charge in [-0.25, -0.2) is 0 Å². The second-order valence-corrected chi connectivity index (χ2v) is 1.26. The van der Waals surface area contributed by atoms with Crippen LogP contribution in [0.4, 0.5) is 0 Å². The van der Waals surface area contributed by atoms with E-state index in [1.165, 1.54) is 0 Å². The maximum absolute atomic E-state index is 7.69. The van der Waals surface area contributed by atoms with Gasteiger partial charge in [-0.05, 0) is 20.8 Å². The summed E-state index contributed by atoms with van der Waals surface area (Å²) in [7, 11) is 0. The molecule has 0 amide bonds. The number of aliphatic hydroxyl groups excluding tert-OH is 1. The van der Waals surface area contributed by atoms with Crippen LogP contribution in [0.1, 0.15) is 20.8 Å². The maximum Gasteiger partial charge on any atom is 0.0748 e. The van der Waals surface area contributed by atoms with E-state index >= 15 is 0 Å². The number of rotatable bonds is 2. The molecule has 0 aromatic rings. The summed E-state index contributed by atoms with van der Waals surface area (Å²) in [6, 6.07) is 0. The highest BCUT2D eigenvalue weighted by atomic mass is 16.5. The number of hydrogen-bond donors (Lipinski definition) is 1. The molecule has 9 heavy (non-hydrogen) atoms. The second kappa shape index (κ2) is 15.6. The van der Waals surface area contributed by atoms with Gasteiger partial charge >= 0.3 is 0 Å². The van der Waals surface area contributed by atoms with Crippen molar-refractivity contribution < 1.29 is 9.84 Å². The van der Waals surface area contributed by atoms with Crippen molar-refractivity contribution >= 4 is 0 Å². The Morgan fingerprint density at radius 2 is 1.67 bits per heavy atom. The predicted octanol–water partition coefficient (Wildman–Crippen LogP) is 2.12. The highest BCUT2D eigenvalue weighted by Gasteiger charge is 1.64. The van der Waals surface area contributed by atoms with Gasteiger partial charge in [0.05, 0.1) is 6.26 Å². The molecule has 0 rings (SSSR count). The van der Waals surface area contributed by atoms with Crippen LogP contribution in [0.15, 0.2) is 12.3 Å². The summed E-state index contributed by atoms with van der Waals surface area (Å²) in [5.41, 5.74) is 0. The van der Waals surface area contributed by atoms with Gasteiger partial charge < -0.3 is 9.84 Å². The summed E-state index contributed by atoms with van der Waals surface area (Å²) in [4.78, 5) is 0. The van der Waals surface area contributed by atoms with Crippen molar-refractivity contribution in [3.63, 3.8) is 0 Å². The zero-order valence-corrected chi connectivity index (χ0v) is 6.42. The van der Waals surface area contributed by atoms with Gasteiger partial charge in [-0.15, -0.1) is 0 Å². The average Bonchev–Trinajstić information content (AvgIpc) is 1.91. The minimum atomic E-state index is 0.844. The number of ether oxygens (including phenoxy) is 1. The molecule has 2 heteroatoms. The van der Waals surface area contributed by atoms with Crippen LogP contribution in [0, 0.1) is 0 Å². The number of allylic oxidation sites excluding steroid dienone is 1. The van der Waals surface area contributed by atoms with Crippen molar-refractivity contribution in [2.75, 3.05) is 13.2 Å². The van der Waals surface area contributed by atoms with Gasteiger partial charge in [0.25, 0.3) is 0 Å². The first-order chi connectivity index (χ1) is 4.33. The number of aliphatic hydroxyl groups is 1. The van der Waals surface area contributed by atoms with Crippen molar-refractivity contribution in [2.45, 2.75) is 20.8 Å². The van der Waals surface area contributed by atoms with E-state index in [9.17, 15) is 0 Å². The Morgan fingerprint density at radius 3 is 1.67 bits per heavy atom. The maximum atomic E-state index is 7.69. The lowest BCUT2D eigenvalue weighted by molar-refractivity contribution is 0.162. The minimum absolute atomic E-state index is 0.844. The summed E-state index contributed by atoms with van der Waals surface area (Å²) in [5, 5.41) is 7.69. The number of hydrogen-bond acceptors (Lipinski definition) is 2. The third-order valence-electron chi connectivity index (χ3n) is 0.557. The van der Waals surface area contributed by atoms with Crippen molar-refractivity contribution in [1.82, 2.24) is 0 Å². The van der Waals surface area contributed by atoms with E-state index in [2.05, 4.69) is 0 Å². The lowest BCUT2D eigenvalue weighted by Gasteiger charge is -1.86. The lowest BCUT2D eigenvalue weighted by atomic mass is 10.8. The third-order valence-corrected chi connectivity index (χ3v) is 0.557. The Bertz CT molecular complexity index is 44.9. The molecule has 0 aliphatic rings. The first kappa shape index (κ1) is 11.3. The predicted molar refractivity (Wildman–Crippen MR) is 39.6 cm³/mol. The molecule has 0 aromatic heterocycles. The van der Waals surface area contributed by atoms with E-state index in [0.717, 1.165) is 19.5 Å². The molecule has 0 spiro atoms. The Kier molecular flexibility index (Phi) is 19.7. The van der Waals surface area contributed by atoms with Gasteiger partial charge in [-0.1, -0.05) is 6.08 Å². The zero-order chi connectivity index (χ0) is 7.54. The molecule has 0 heterocycles. The SMILES string of the molecule is C/C=C/O.CCOCC. The minimum Gasteiger partial charge on any atom is -0.516 e. The van der Waals surface area contributed by atoms with Gasteiger partial charge in [0.1, 0.15) is 0 Å². The summed E-state index contributed by atoms with van der Waals surface area (Å²) in [6.45, 7) is 7.42. The molecule has 0 atom stereocenters. The van der Waals surface area contributed by atoms with Gasteiger partial charge in [0, 0.05) is 13.2 Å². The molecule has 0 aliphatic carbocycles. The highest BCUT2D eigenvalue weighted by Crippen LogP contribution is 1.64. The third kappa shape index (κ3) is 36.3. The van der Waals surface area contributed by atoms with Crippen LogP contribution in [0.2, 0.25) is 0 Å². The van der Waals surface area contributed by atoms with E-state index in [1.807, 2.05) is 13.8 Å². The first-order valence-electron chi connectivity index (χ1n) is 3.16. The molecule has 0 aromatic carbocycles. The lowest BCUT2D eigenvalue weighted by Crippen LogP contribution is -1.84. The smallest absolute Gasteiger partial charge is 0.0748 e.